The summed E-state index contributed by atoms with van der Waals surface area (Å²) < 4.78 is 9.73. The number of rotatable bonds is 8. The second-order valence-electron chi connectivity index (χ2n) is 12.2. The van der Waals surface area contributed by atoms with Crippen molar-refractivity contribution < 1.29 is 9.22 Å². The lowest BCUT2D eigenvalue weighted by molar-refractivity contribution is -0.126. The van der Waals surface area contributed by atoms with E-state index in [9.17, 15) is 9.59 Å². The van der Waals surface area contributed by atoms with Crippen LogP contribution in [0.2, 0.25) is 18.1 Å². The first-order chi connectivity index (χ1) is 15.7. The van der Waals surface area contributed by atoms with Gasteiger partial charge >= 0.3 is 0 Å². The van der Waals surface area contributed by atoms with Crippen LogP contribution >= 0.6 is 0 Å². The van der Waals surface area contributed by atoms with Crippen molar-refractivity contribution in [1.29, 1.82) is 0 Å². The molecular weight excluding hydrogens is 446 g/mol. The van der Waals surface area contributed by atoms with Crippen LogP contribution in [-0.2, 0) is 15.8 Å². The number of nitrogens with one attached hydrogen (secondary N) is 1. The molecule has 9 heteroatoms. The van der Waals surface area contributed by atoms with Crippen molar-refractivity contribution in [1.82, 2.24) is 24.7 Å². The molecule has 1 N–H and O–H groups in total. The number of aromatic nitrogens is 4. The van der Waals surface area contributed by atoms with E-state index in [-0.39, 0.29) is 40.6 Å². The molecule has 0 atom stereocenters. The first kappa shape index (κ1) is 25.1. The lowest BCUT2D eigenvalue weighted by Gasteiger charge is -2.53. The standard InChI is InChI=1S/C25H41N5O3Si/c1-9-25(33-34(7,8)24(4,5)6)13-18(14-25)26-21(31)15-29-23(32)20-12-19(17-10-11-17)27-30(20)22(28-29)16(2)3/h12,16-18H,9-11,13-15H2,1-8H3,(H,26,31). The second kappa shape index (κ2) is 8.59. The molecule has 0 aromatic carbocycles. The van der Waals surface area contributed by atoms with Crippen molar-refractivity contribution in [2.75, 3.05) is 0 Å². The Bertz CT molecular complexity index is 1130. The van der Waals surface area contributed by atoms with E-state index < -0.39 is 8.32 Å². The fraction of sp³-hybridized carbons (Fsp3) is 0.760. The van der Waals surface area contributed by atoms with Crippen LogP contribution in [0.4, 0.5) is 0 Å². The molecule has 2 fully saturated rings. The monoisotopic (exact) mass is 487 g/mol. The summed E-state index contributed by atoms with van der Waals surface area (Å²) in [7, 11) is -1.89. The largest absolute Gasteiger partial charge is 0.411 e. The summed E-state index contributed by atoms with van der Waals surface area (Å²) in [6.07, 6.45) is 4.79. The van der Waals surface area contributed by atoms with E-state index in [1.807, 2.05) is 19.9 Å². The quantitative estimate of drug-likeness (QED) is 0.559. The van der Waals surface area contributed by atoms with E-state index in [1.54, 1.807) is 4.52 Å². The minimum Gasteiger partial charge on any atom is -0.411 e. The Kier molecular flexibility index (Phi) is 6.34. The van der Waals surface area contributed by atoms with Crippen LogP contribution in [-0.4, -0.2) is 45.3 Å². The van der Waals surface area contributed by atoms with E-state index in [2.05, 4.69) is 56.3 Å². The van der Waals surface area contributed by atoms with E-state index >= 15 is 0 Å². The Morgan fingerprint density at radius 3 is 2.44 bits per heavy atom. The molecule has 2 aromatic heterocycles. The Hall–Kier alpha value is -2.00. The molecule has 0 bridgehead atoms. The molecule has 0 spiro atoms. The lowest BCUT2D eigenvalue weighted by atomic mass is 9.74. The van der Waals surface area contributed by atoms with Gasteiger partial charge in [-0.15, -0.1) is 0 Å². The van der Waals surface area contributed by atoms with Crippen molar-refractivity contribution in [3.05, 3.63) is 27.9 Å². The van der Waals surface area contributed by atoms with Crippen LogP contribution in [0, 0.1) is 0 Å². The van der Waals surface area contributed by atoms with Gasteiger partial charge in [0, 0.05) is 17.9 Å². The molecule has 2 aliphatic rings. The van der Waals surface area contributed by atoms with Gasteiger partial charge in [-0.05, 0) is 56.3 Å². The van der Waals surface area contributed by atoms with Crippen LogP contribution in [0.3, 0.4) is 0 Å². The zero-order valence-electron chi connectivity index (χ0n) is 22.1. The number of hydrogen-bond acceptors (Lipinski definition) is 5. The molecule has 0 unspecified atom stereocenters. The highest BCUT2D eigenvalue weighted by Gasteiger charge is 2.50. The summed E-state index contributed by atoms with van der Waals surface area (Å²) in [5.74, 6) is 1.04. The lowest BCUT2D eigenvalue weighted by Crippen LogP contribution is -2.61. The molecule has 2 aromatic rings. The number of carbonyl (C=O) groups excluding carboxylic acids is 1. The topological polar surface area (TPSA) is 90.5 Å². The molecule has 2 aliphatic carbocycles. The van der Waals surface area contributed by atoms with Crippen LogP contribution in [0.15, 0.2) is 10.9 Å². The van der Waals surface area contributed by atoms with Crippen LogP contribution < -0.4 is 10.9 Å². The molecule has 2 saturated carbocycles. The van der Waals surface area contributed by atoms with Gasteiger partial charge in [-0.3, -0.25) is 9.59 Å². The first-order valence-electron chi connectivity index (χ1n) is 12.8. The van der Waals surface area contributed by atoms with Gasteiger partial charge in [0.25, 0.3) is 5.56 Å². The number of fused-ring (bicyclic) bond motifs is 1. The van der Waals surface area contributed by atoms with Gasteiger partial charge in [0.1, 0.15) is 12.1 Å². The van der Waals surface area contributed by atoms with E-state index in [0.717, 1.165) is 37.8 Å². The van der Waals surface area contributed by atoms with Gasteiger partial charge < -0.3 is 9.74 Å². The third-order valence-electron chi connectivity index (χ3n) is 7.95. The predicted octanol–water partition coefficient (Wildman–Crippen LogP) is 4.34. The van der Waals surface area contributed by atoms with Crippen LogP contribution in [0.1, 0.15) is 97.0 Å². The maximum atomic E-state index is 13.1. The summed E-state index contributed by atoms with van der Waals surface area (Å²) in [4.78, 5) is 26.0. The Morgan fingerprint density at radius 1 is 1.26 bits per heavy atom. The maximum absolute atomic E-state index is 13.1. The third kappa shape index (κ3) is 4.73. The average Bonchev–Trinajstić information content (AvgIpc) is 3.45. The minimum absolute atomic E-state index is 0.0673. The summed E-state index contributed by atoms with van der Waals surface area (Å²) in [6.45, 7) is 17.4. The average molecular weight is 488 g/mol. The minimum atomic E-state index is -1.89. The normalized spacial score (nSPS) is 23.4. The first-order valence-corrected chi connectivity index (χ1v) is 15.7. The molecule has 1 amide bonds. The zero-order chi connectivity index (χ0) is 25.1. The van der Waals surface area contributed by atoms with Gasteiger partial charge in [0.15, 0.2) is 14.1 Å². The fourth-order valence-corrected chi connectivity index (χ4v) is 6.30. The van der Waals surface area contributed by atoms with Gasteiger partial charge in [-0.25, -0.2) is 9.20 Å². The fourth-order valence-electron chi connectivity index (χ4n) is 4.60. The van der Waals surface area contributed by atoms with E-state index in [0.29, 0.717) is 17.3 Å². The molecule has 0 radical (unpaired) electrons. The van der Waals surface area contributed by atoms with Gasteiger partial charge in [0.2, 0.25) is 5.91 Å². The third-order valence-corrected chi connectivity index (χ3v) is 12.5. The summed E-state index contributed by atoms with van der Waals surface area (Å²) in [5.41, 5.74) is 1.04. The SMILES string of the molecule is CCC1(O[Si](C)(C)C(C)(C)C)CC(NC(=O)Cn2nc(C(C)C)n3nc(C4CC4)cc3c2=O)C1. The van der Waals surface area contributed by atoms with Gasteiger partial charge in [-0.2, -0.15) is 10.2 Å². The second-order valence-corrected chi connectivity index (χ2v) is 16.9. The molecule has 4 rings (SSSR count). The van der Waals surface area contributed by atoms with Crippen molar-refractivity contribution in [2.24, 2.45) is 0 Å². The van der Waals surface area contributed by atoms with Gasteiger partial charge in [-0.1, -0.05) is 41.5 Å². The Labute approximate surface area is 203 Å². The van der Waals surface area contributed by atoms with E-state index in [4.69, 9.17) is 4.43 Å². The number of hydrogen-bond donors (Lipinski definition) is 1. The highest BCUT2D eigenvalue weighted by Crippen LogP contribution is 2.46. The van der Waals surface area contributed by atoms with Crippen LogP contribution in [0.5, 0.6) is 0 Å². The zero-order valence-corrected chi connectivity index (χ0v) is 23.1. The Balaban J connectivity index is 1.45. The molecule has 8 nitrogen and oxygen atoms in total. The Morgan fingerprint density at radius 2 is 1.91 bits per heavy atom. The molecule has 0 aliphatic heterocycles. The van der Waals surface area contributed by atoms with Crippen molar-refractivity contribution in [3.8, 4) is 0 Å². The molecule has 34 heavy (non-hydrogen) atoms. The van der Waals surface area contributed by atoms with Gasteiger partial charge in [0.05, 0.1) is 11.3 Å². The van der Waals surface area contributed by atoms with Crippen molar-refractivity contribution in [2.45, 2.75) is 122 Å². The molecule has 0 saturated heterocycles. The number of amides is 1. The highest BCUT2D eigenvalue weighted by molar-refractivity contribution is 6.74. The van der Waals surface area contributed by atoms with Crippen molar-refractivity contribution in [3.63, 3.8) is 0 Å². The van der Waals surface area contributed by atoms with Crippen LogP contribution in [0.25, 0.3) is 5.52 Å². The van der Waals surface area contributed by atoms with E-state index in [1.165, 1.54) is 4.68 Å². The number of carbonyl (C=O) groups is 1. The molecular formula is C25H41N5O3Si. The predicted molar refractivity (Wildman–Crippen MR) is 136 cm³/mol. The van der Waals surface area contributed by atoms with Crippen molar-refractivity contribution >= 4 is 19.7 Å². The smallest absolute Gasteiger partial charge is 0.293 e. The number of nitrogens with zero attached hydrogens (tertiary/aromatic N) is 4. The summed E-state index contributed by atoms with van der Waals surface area (Å²) >= 11 is 0. The molecule has 2 heterocycles. The highest BCUT2D eigenvalue weighted by atomic mass is 28.4. The summed E-state index contributed by atoms with van der Waals surface area (Å²) in [5, 5.41) is 12.4. The molecule has 188 valence electrons. The maximum Gasteiger partial charge on any atom is 0.293 e. The summed E-state index contributed by atoms with van der Waals surface area (Å²) in [6, 6.07) is 1.94.